The Hall–Kier alpha value is -4.39. The van der Waals surface area contributed by atoms with Crippen molar-refractivity contribution in [3.8, 4) is 5.75 Å². The second-order valence-electron chi connectivity index (χ2n) is 14.7. The Labute approximate surface area is 294 Å². The Bertz CT molecular complexity index is 1630. The predicted molar refractivity (Wildman–Crippen MR) is 188 cm³/mol. The lowest BCUT2D eigenvalue weighted by molar-refractivity contribution is -0.0113. The van der Waals surface area contributed by atoms with Gasteiger partial charge in [0.05, 0.1) is 17.8 Å². The number of benzene rings is 1. The Morgan fingerprint density at radius 2 is 1.80 bits per heavy atom. The van der Waals surface area contributed by atoms with Crippen molar-refractivity contribution in [3.63, 3.8) is 0 Å². The van der Waals surface area contributed by atoms with Crippen LogP contribution in [0.3, 0.4) is 0 Å². The zero-order chi connectivity index (χ0) is 35.3. The molecule has 1 saturated heterocycles. The maximum Gasteiger partial charge on any atom is 0.410 e. The van der Waals surface area contributed by atoms with Gasteiger partial charge in [-0.05, 0) is 89.5 Å². The third-order valence-electron chi connectivity index (χ3n) is 9.65. The van der Waals surface area contributed by atoms with Crippen LogP contribution >= 0.6 is 0 Å². The Morgan fingerprint density at radius 3 is 2.52 bits per heavy atom. The Kier molecular flexibility index (Phi) is 11.1. The molecule has 1 saturated carbocycles. The van der Waals surface area contributed by atoms with Gasteiger partial charge in [-0.2, -0.15) is 4.98 Å². The zero-order valence-electron chi connectivity index (χ0n) is 29.7. The molecular formula is C37H51N7O6. The number of aryl methyl sites for hydroxylation is 1. The number of hydrogen-bond donors (Lipinski definition) is 3. The van der Waals surface area contributed by atoms with Crippen LogP contribution in [0.4, 0.5) is 16.6 Å². The number of anilines is 2. The number of carbonyl (C=O) groups excluding carboxylic acids is 2. The van der Waals surface area contributed by atoms with E-state index in [1.54, 1.807) is 11.0 Å². The van der Waals surface area contributed by atoms with Crippen molar-refractivity contribution in [2.75, 3.05) is 29.9 Å². The molecule has 2 aliphatic heterocycles. The van der Waals surface area contributed by atoms with Gasteiger partial charge in [-0.1, -0.05) is 25.3 Å². The molecule has 3 aliphatic rings. The molecule has 2 aromatic heterocycles. The number of carbonyl (C=O) groups is 2. The fourth-order valence-corrected chi connectivity index (χ4v) is 6.89. The first kappa shape index (κ1) is 35.4. The molecule has 0 spiro atoms. The third-order valence-corrected chi connectivity index (χ3v) is 9.65. The normalized spacial score (nSPS) is 19.0. The van der Waals surface area contributed by atoms with Crippen LogP contribution in [-0.4, -0.2) is 80.4 Å². The number of hydrogen-bond acceptors (Lipinski definition) is 11. The van der Waals surface area contributed by atoms with Crippen LogP contribution in [0.25, 0.3) is 0 Å². The van der Waals surface area contributed by atoms with Crippen molar-refractivity contribution in [1.82, 2.24) is 25.2 Å². The van der Waals surface area contributed by atoms with Crippen molar-refractivity contribution >= 4 is 23.8 Å². The summed E-state index contributed by atoms with van der Waals surface area (Å²) in [6.45, 7) is 9.34. The number of oxazole rings is 1. The molecule has 3 N–H and O–H groups in total. The highest BCUT2D eigenvalue weighted by Crippen LogP contribution is 2.31. The number of nitrogens with zero attached hydrogens (tertiary/aromatic N) is 5. The van der Waals surface area contributed by atoms with Crippen molar-refractivity contribution in [2.24, 2.45) is 0 Å². The molecule has 0 bridgehead atoms. The van der Waals surface area contributed by atoms with Gasteiger partial charge in [0.15, 0.2) is 12.2 Å². The van der Waals surface area contributed by atoms with Gasteiger partial charge in [0, 0.05) is 38.3 Å². The first-order valence-corrected chi connectivity index (χ1v) is 18.0. The number of aliphatic hydroxyl groups excluding tert-OH is 1. The van der Waals surface area contributed by atoms with E-state index < -0.39 is 29.7 Å². The van der Waals surface area contributed by atoms with Gasteiger partial charge >= 0.3 is 6.09 Å². The van der Waals surface area contributed by atoms with Gasteiger partial charge < -0.3 is 34.5 Å². The topological polar surface area (TPSA) is 155 Å². The maximum absolute atomic E-state index is 13.6. The van der Waals surface area contributed by atoms with E-state index >= 15 is 0 Å². The summed E-state index contributed by atoms with van der Waals surface area (Å²) in [7, 11) is 0. The molecule has 270 valence electrons. The lowest BCUT2D eigenvalue weighted by Crippen LogP contribution is -2.54. The molecular weight excluding hydrogens is 638 g/mol. The van der Waals surface area contributed by atoms with Gasteiger partial charge in [0.1, 0.15) is 29.5 Å². The zero-order valence-corrected chi connectivity index (χ0v) is 29.7. The molecule has 13 heteroatoms. The third kappa shape index (κ3) is 9.04. The molecule has 0 unspecified atom stereocenters. The average Bonchev–Trinajstić information content (AvgIpc) is 3.53. The van der Waals surface area contributed by atoms with Crippen LogP contribution < -0.4 is 20.3 Å². The number of amides is 2. The minimum Gasteiger partial charge on any atom is -0.486 e. The van der Waals surface area contributed by atoms with Crippen molar-refractivity contribution in [1.29, 1.82) is 0 Å². The standard InChI is InChI=1S/C37H51N7O6/c1-24-32(49-23-39-24)22-48-28-14-13-25-18-30(44(21-26(25)17-28)36(47)50-37(2,3)4)31(45)20-38-34(46)29-19-33(40-27-11-7-5-8-12-27)42-35(41-29)43-15-9-6-10-16-43/h13-14,17,19,23,27,30-31,45H,5-12,15-16,18,20-22H2,1-4H3,(H,38,46)(H,40,41,42)/t30-,31+/m0/s1. The van der Waals surface area contributed by atoms with E-state index in [1.807, 2.05) is 45.9 Å². The second kappa shape index (κ2) is 15.7. The fourth-order valence-electron chi connectivity index (χ4n) is 6.89. The molecule has 2 fully saturated rings. The highest BCUT2D eigenvalue weighted by molar-refractivity contribution is 5.93. The maximum atomic E-state index is 13.6. The van der Waals surface area contributed by atoms with E-state index in [0.29, 0.717) is 35.7 Å². The largest absolute Gasteiger partial charge is 0.486 e. The molecule has 2 atom stereocenters. The fraction of sp³-hybridized carbons (Fsp3) is 0.595. The minimum atomic E-state index is -1.08. The van der Waals surface area contributed by atoms with Crippen molar-refractivity contribution in [2.45, 2.75) is 122 Å². The molecule has 6 rings (SSSR count). The van der Waals surface area contributed by atoms with E-state index in [1.165, 1.54) is 32.1 Å². The first-order chi connectivity index (χ1) is 24.0. The first-order valence-electron chi connectivity index (χ1n) is 18.0. The highest BCUT2D eigenvalue weighted by Gasteiger charge is 2.37. The van der Waals surface area contributed by atoms with Gasteiger partial charge in [0.25, 0.3) is 5.91 Å². The molecule has 0 radical (unpaired) electrons. The number of ether oxygens (including phenoxy) is 2. The Morgan fingerprint density at radius 1 is 1.04 bits per heavy atom. The Balaban J connectivity index is 1.16. The van der Waals surface area contributed by atoms with Gasteiger partial charge in [-0.25, -0.2) is 14.8 Å². The van der Waals surface area contributed by atoms with Crippen molar-refractivity contribution < 1.29 is 28.6 Å². The summed E-state index contributed by atoms with van der Waals surface area (Å²) in [5.41, 5.74) is 2.14. The van der Waals surface area contributed by atoms with E-state index in [-0.39, 0.29) is 25.4 Å². The number of rotatable bonds is 10. The van der Waals surface area contributed by atoms with Gasteiger partial charge in [-0.3, -0.25) is 9.69 Å². The molecule has 1 aromatic carbocycles. The lowest BCUT2D eigenvalue weighted by atomic mass is 9.91. The number of piperidine rings is 1. The van der Waals surface area contributed by atoms with E-state index in [2.05, 4.69) is 25.5 Å². The average molecular weight is 690 g/mol. The molecule has 3 aromatic rings. The van der Waals surface area contributed by atoms with Crippen LogP contribution in [0.15, 0.2) is 35.1 Å². The van der Waals surface area contributed by atoms with Crippen LogP contribution in [0, 0.1) is 6.92 Å². The quantitative estimate of drug-likeness (QED) is 0.246. The number of aromatic nitrogens is 3. The van der Waals surface area contributed by atoms with Crippen LogP contribution in [0.2, 0.25) is 0 Å². The SMILES string of the molecule is Cc1ncoc1COc1ccc2c(c1)CN(C(=O)OC(C)(C)C)[C@H]([C@H](O)CNC(=O)c1cc(NC3CCCCC3)nc(N3CCCCC3)n1)C2. The van der Waals surface area contributed by atoms with Gasteiger partial charge in [-0.15, -0.1) is 0 Å². The highest BCUT2D eigenvalue weighted by atomic mass is 16.6. The predicted octanol–water partition coefficient (Wildman–Crippen LogP) is 5.54. The van der Waals surface area contributed by atoms with Crippen LogP contribution in [0.5, 0.6) is 5.75 Å². The van der Waals surface area contributed by atoms with E-state index in [9.17, 15) is 14.7 Å². The number of aliphatic hydroxyl groups is 1. The molecule has 1 aliphatic carbocycles. The summed E-state index contributed by atoms with van der Waals surface area (Å²) < 4.78 is 17.1. The number of nitrogens with one attached hydrogen (secondary N) is 2. The van der Waals surface area contributed by atoms with E-state index in [4.69, 9.17) is 18.9 Å². The van der Waals surface area contributed by atoms with E-state index in [0.717, 1.165) is 55.6 Å². The second-order valence-corrected chi connectivity index (χ2v) is 14.7. The summed E-state index contributed by atoms with van der Waals surface area (Å²) in [6.07, 6.45) is 9.19. The van der Waals surface area contributed by atoms with Crippen molar-refractivity contribution in [3.05, 3.63) is 58.9 Å². The summed E-state index contributed by atoms with van der Waals surface area (Å²) >= 11 is 0. The van der Waals surface area contributed by atoms with Gasteiger partial charge in [0.2, 0.25) is 5.95 Å². The molecule has 2 amide bonds. The lowest BCUT2D eigenvalue weighted by Gasteiger charge is -2.40. The summed E-state index contributed by atoms with van der Waals surface area (Å²) in [4.78, 5) is 44.4. The minimum absolute atomic E-state index is 0.0791. The molecule has 13 nitrogen and oxygen atoms in total. The number of fused-ring (bicyclic) bond motifs is 1. The monoisotopic (exact) mass is 689 g/mol. The summed E-state index contributed by atoms with van der Waals surface area (Å²) in [5, 5.41) is 18.0. The molecule has 50 heavy (non-hydrogen) atoms. The van der Waals surface area contributed by atoms with Crippen LogP contribution in [0.1, 0.15) is 105 Å². The molecule has 4 heterocycles. The summed E-state index contributed by atoms with van der Waals surface area (Å²) in [5.74, 6) is 2.07. The van der Waals surface area contributed by atoms with Crippen LogP contribution in [-0.2, 0) is 24.3 Å². The summed E-state index contributed by atoms with van der Waals surface area (Å²) in [6, 6.07) is 7.10. The smallest absolute Gasteiger partial charge is 0.410 e.